The van der Waals surface area contributed by atoms with Crippen LogP contribution in [0.15, 0.2) is 4.99 Å². The molecule has 0 radical (unpaired) electrons. The van der Waals surface area contributed by atoms with Gasteiger partial charge in [-0.05, 0) is 38.0 Å². The molecule has 4 atom stereocenters. The van der Waals surface area contributed by atoms with E-state index < -0.39 is 0 Å². The standard InChI is InChI=1S/C12H18N2OS/c1-2-7(1)11-6-13-12(16-11)14-9-5-8-3-4-10(9)15-8/h7-11H,1-6H2,(H,13,14). The van der Waals surface area contributed by atoms with Crippen molar-refractivity contribution in [2.24, 2.45) is 10.9 Å². The van der Waals surface area contributed by atoms with Crippen LogP contribution in [0.5, 0.6) is 0 Å². The lowest BCUT2D eigenvalue weighted by Crippen LogP contribution is -2.39. The van der Waals surface area contributed by atoms with Gasteiger partial charge in [-0.1, -0.05) is 11.8 Å². The highest BCUT2D eigenvalue weighted by Gasteiger charge is 2.42. The molecule has 4 heteroatoms. The van der Waals surface area contributed by atoms with Crippen LogP contribution in [-0.4, -0.2) is 35.2 Å². The van der Waals surface area contributed by atoms with Crippen molar-refractivity contribution in [3.8, 4) is 0 Å². The Morgan fingerprint density at radius 3 is 2.88 bits per heavy atom. The Balaban J connectivity index is 1.34. The van der Waals surface area contributed by atoms with Crippen LogP contribution in [0.3, 0.4) is 0 Å². The molecule has 0 amide bonds. The van der Waals surface area contributed by atoms with E-state index in [-0.39, 0.29) is 0 Å². The number of hydrogen-bond donors (Lipinski definition) is 1. The van der Waals surface area contributed by atoms with Crippen molar-refractivity contribution in [2.75, 3.05) is 6.54 Å². The summed E-state index contributed by atoms with van der Waals surface area (Å²) in [4.78, 5) is 4.64. The van der Waals surface area contributed by atoms with E-state index in [1.54, 1.807) is 0 Å². The zero-order chi connectivity index (χ0) is 10.5. The van der Waals surface area contributed by atoms with Crippen molar-refractivity contribution in [3.63, 3.8) is 0 Å². The Morgan fingerprint density at radius 2 is 2.19 bits per heavy atom. The van der Waals surface area contributed by atoms with Gasteiger partial charge in [-0.15, -0.1) is 0 Å². The minimum absolute atomic E-state index is 0.466. The van der Waals surface area contributed by atoms with Crippen molar-refractivity contribution < 1.29 is 4.74 Å². The molecule has 0 spiro atoms. The van der Waals surface area contributed by atoms with Gasteiger partial charge in [0.05, 0.1) is 24.8 Å². The number of ether oxygens (including phenoxy) is 1. The summed E-state index contributed by atoms with van der Waals surface area (Å²) in [6, 6.07) is 0.544. The molecule has 3 nitrogen and oxygen atoms in total. The van der Waals surface area contributed by atoms with E-state index in [0.717, 1.165) is 17.7 Å². The lowest BCUT2D eigenvalue weighted by atomic mass is 9.96. The third-order valence-electron chi connectivity index (χ3n) is 4.24. The second-order valence-corrected chi connectivity index (χ2v) is 6.73. The Bertz CT molecular complexity index is 329. The summed E-state index contributed by atoms with van der Waals surface area (Å²) in [5, 5.41) is 5.58. The fraction of sp³-hybridized carbons (Fsp3) is 0.917. The molecule has 0 aromatic heterocycles. The molecular formula is C12H18N2OS. The number of nitrogens with one attached hydrogen (secondary N) is 1. The van der Waals surface area contributed by atoms with Gasteiger partial charge in [0.1, 0.15) is 0 Å². The van der Waals surface area contributed by atoms with Crippen LogP contribution in [0, 0.1) is 5.92 Å². The highest BCUT2D eigenvalue weighted by Crippen LogP contribution is 2.42. The molecule has 1 N–H and O–H groups in total. The monoisotopic (exact) mass is 238 g/mol. The predicted molar refractivity (Wildman–Crippen MR) is 65.8 cm³/mol. The smallest absolute Gasteiger partial charge is 0.157 e. The van der Waals surface area contributed by atoms with Crippen molar-refractivity contribution in [1.29, 1.82) is 0 Å². The molecule has 1 aliphatic carbocycles. The second kappa shape index (κ2) is 3.64. The summed E-state index contributed by atoms with van der Waals surface area (Å²) < 4.78 is 5.86. The number of fused-ring (bicyclic) bond motifs is 2. The van der Waals surface area contributed by atoms with E-state index in [9.17, 15) is 0 Å². The molecule has 0 aromatic rings. The van der Waals surface area contributed by atoms with Gasteiger partial charge in [-0.3, -0.25) is 4.99 Å². The van der Waals surface area contributed by atoms with E-state index >= 15 is 0 Å². The first-order valence-corrected chi connectivity index (χ1v) is 7.39. The summed E-state index contributed by atoms with van der Waals surface area (Å²) in [5.74, 6) is 0.962. The molecule has 88 valence electrons. The molecular weight excluding hydrogens is 220 g/mol. The molecule has 3 aliphatic heterocycles. The predicted octanol–water partition coefficient (Wildman–Crippen LogP) is 1.78. The maximum Gasteiger partial charge on any atom is 0.157 e. The molecule has 1 saturated carbocycles. The molecule has 2 saturated heterocycles. The van der Waals surface area contributed by atoms with Gasteiger partial charge in [-0.2, -0.15) is 0 Å². The second-order valence-electron chi connectivity index (χ2n) is 5.50. The average molecular weight is 238 g/mol. The molecule has 4 rings (SSSR count). The van der Waals surface area contributed by atoms with E-state index in [2.05, 4.69) is 10.3 Å². The minimum Gasteiger partial charge on any atom is -0.373 e. The van der Waals surface area contributed by atoms with Crippen molar-refractivity contribution in [2.45, 2.75) is 55.6 Å². The highest BCUT2D eigenvalue weighted by molar-refractivity contribution is 8.14. The van der Waals surface area contributed by atoms with Crippen LogP contribution in [0.25, 0.3) is 0 Å². The SMILES string of the molecule is C1CC2OC1CC2NC1=NCC(C2CC2)S1. The number of amidine groups is 1. The van der Waals surface area contributed by atoms with Gasteiger partial charge in [-0.25, -0.2) is 0 Å². The Morgan fingerprint density at radius 1 is 1.25 bits per heavy atom. The Labute approximate surface area is 100 Å². The first-order chi connectivity index (χ1) is 7.88. The summed E-state index contributed by atoms with van der Waals surface area (Å²) in [5.41, 5.74) is 0. The fourth-order valence-corrected chi connectivity index (χ4v) is 4.40. The molecule has 0 aromatic carbocycles. The summed E-state index contributed by atoms with van der Waals surface area (Å²) in [6.45, 7) is 1.04. The van der Waals surface area contributed by atoms with Gasteiger partial charge in [0.25, 0.3) is 0 Å². The van der Waals surface area contributed by atoms with Crippen LogP contribution in [-0.2, 0) is 4.74 Å². The lowest BCUT2D eigenvalue weighted by Gasteiger charge is -2.20. The summed E-state index contributed by atoms with van der Waals surface area (Å²) in [7, 11) is 0. The van der Waals surface area contributed by atoms with Crippen molar-refractivity contribution >= 4 is 16.9 Å². The first kappa shape index (κ1) is 9.77. The van der Waals surface area contributed by atoms with Gasteiger partial charge < -0.3 is 10.1 Å². The van der Waals surface area contributed by atoms with E-state index in [0.29, 0.717) is 18.2 Å². The highest BCUT2D eigenvalue weighted by atomic mass is 32.2. The van der Waals surface area contributed by atoms with Gasteiger partial charge in [0, 0.05) is 5.25 Å². The topological polar surface area (TPSA) is 33.6 Å². The maximum absolute atomic E-state index is 5.86. The fourth-order valence-electron chi connectivity index (χ4n) is 3.13. The largest absolute Gasteiger partial charge is 0.373 e. The maximum atomic E-state index is 5.86. The summed E-state index contributed by atoms with van der Waals surface area (Å²) in [6.07, 6.45) is 7.56. The third-order valence-corrected chi connectivity index (χ3v) is 5.55. The first-order valence-electron chi connectivity index (χ1n) is 6.51. The molecule has 2 bridgehead atoms. The number of rotatable bonds is 2. The van der Waals surface area contributed by atoms with E-state index in [4.69, 9.17) is 4.74 Å². The van der Waals surface area contributed by atoms with Crippen molar-refractivity contribution in [3.05, 3.63) is 0 Å². The lowest BCUT2D eigenvalue weighted by molar-refractivity contribution is 0.0994. The van der Waals surface area contributed by atoms with Crippen LogP contribution < -0.4 is 5.32 Å². The van der Waals surface area contributed by atoms with Crippen LogP contribution >= 0.6 is 11.8 Å². The average Bonchev–Trinajstić information content (AvgIpc) is 2.76. The van der Waals surface area contributed by atoms with Crippen LogP contribution in [0.2, 0.25) is 0 Å². The van der Waals surface area contributed by atoms with Gasteiger partial charge in [0.15, 0.2) is 5.17 Å². The normalized spacial score (nSPS) is 46.1. The third kappa shape index (κ3) is 1.66. The molecule has 16 heavy (non-hydrogen) atoms. The van der Waals surface area contributed by atoms with Crippen molar-refractivity contribution in [1.82, 2.24) is 5.32 Å². The molecule has 4 aliphatic rings. The Hall–Kier alpha value is -0.220. The molecule has 3 heterocycles. The summed E-state index contributed by atoms with van der Waals surface area (Å²) >= 11 is 1.98. The quantitative estimate of drug-likeness (QED) is 0.796. The van der Waals surface area contributed by atoms with E-state index in [1.807, 2.05) is 11.8 Å². The van der Waals surface area contributed by atoms with Gasteiger partial charge in [0.2, 0.25) is 0 Å². The number of thioether (sulfide) groups is 1. The minimum atomic E-state index is 0.466. The zero-order valence-electron chi connectivity index (χ0n) is 9.39. The number of hydrogen-bond acceptors (Lipinski definition) is 4. The zero-order valence-corrected chi connectivity index (χ0v) is 10.2. The number of nitrogens with zero attached hydrogens (tertiary/aromatic N) is 1. The Kier molecular flexibility index (Phi) is 2.22. The molecule has 4 unspecified atom stereocenters. The number of aliphatic imine (C=N–C) groups is 1. The van der Waals surface area contributed by atoms with Crippen LogP contribution in [0.1, 0.15) is 32.1 Å². The van der Waals surface area contributed by atoms with E-state index in [1.165, 1.54) is 37.3 Å². The van der Waals surface area contributed by atoms with Crippen LogP contribution in [0.4, 0.5) is 0 Å². The van der Waals surface area contributed by atoms with Gasteiger partial charge >= 0.3 is 0 Å². The molecule has 3 fully saturated rings.